The second-order valence-electron chi connectivity index (χ2n) is 24.7. The lowest BCUT2D eigenvalue weighted by Gasteiger charge is -2.29. The molecule has 0 aromatic heterocycles. The number of hydrogen-bond donors (Lipinski definition) is 23. The molecule has 0 fully saturated rings. The molecule has 97 heavy (non-hydrogen) atoms. The highest BCUT2D eigenvalue weighted by Crippen LogP contribution is 2.14. The molecule has 0 radical (unpaired) electrons. The summed E-state index contributed by atoms with van der Waals surface area (Å²) in [6.07, 6.45) is 1.34. The van der Waals surface area contributed by atoms with E-state index in [2.05, 4.69) is 78.5 Å². The van der Waals surface area contributed by atoms with Gasteiger partial charge in [-0.1, -0.05) is 41.5 Å². The average molecular weight is 1380 g/mol. The highest BCUT2D eigenvalue weighted by molar-refractivity contribution is 5.97. The fourth-order valence-electron chi connectivity index (χ4n) is 9.65. The second-order valence-corrected chi connectivity index (χ2v) is 24.7. The molecular formula is C59H115N25O13. The smallest absolute Gasteiger partial charge is 0.303 e. The van der Waals surface area contributed by atoms with Crippen LogP contribution in [0, 0.1) is 17.8 Å². The maximum absolute atomic E-state index is 14.8. The summed E-state index contributed by atoms with van der Waals surface area (Å²) >= 11 is 0. The Hall–Kier alpha value is -8.91. The van der Waals surface area contributed by atoms with Crippen molar-refractivity contribution >= 4 is 88.9 Å². The molecular weight excluding hydrogens is 1270 g/mol. The van der Waals surface area contributed by atoms with Crippen LogP contribution in [-0.4, -0.2) is 219 Å². The van der Waals surface area contributed by atoms with Gasteiger partial charge in [-0.25, -0.2) is 0 Å². The van der Waals surface area contributed by atoms with Gasteiger partial charge in [0.1, 0.15) is 42.3 Å². The monoisotopic (exact) mass is 1380 g/mol. The zero-order valence-corrected chi connectivity index (χ0v) is 57.4. The van der Waals surface area contributed by atoms with Crippen molar-refractivity contribution in [2.45, 2.75) is 205 Å². The van der Waals surface area contributed by atoms with Gasteiger partial charge in [0.05, 0.1) is 25.2 Å². The van der Waals surface area contributed by atoms with Gasteiger partial charge in [-0.15, -0.1) is 0 Å². The van der Waals surface area contributed by atoms with Crippen LogP contribution in [0.15, 0.2) is 20.0 Å². The molecule has 0 spiro atoms. The number of hydrogen-bond acceptors (Lipinski definition) is 19. The molecule has 10 amide bonds. The molecule has 0 bridgehead atoms. The number of rotatable bonds is 53. The molecule has 0 saturated carbocycles. The molecule has 0 rings (SSSR count). The topological polar surface area (TPSA) is 670 Å². The molecule has 33 N–H and O–H groups in total. The van der Waals surface area contributed by atoms with E-state index in [1.807, 2.05) is 27.7 Å². The number of aliphatic carboxylic acids is 1. The Morgan fingerprint density at radius 2 is 0.732 bits per heavy atom. The third-order valence-corrected chi connectivity index (χ3v) is 14.6. The number of amides is 10. The summed E-state index contributed by atoms with van der Waals surface area (Å²) in [5.74, 6) is -10.2. The van der Waals surface area contributed by atoms with Crippen LogP contribution in [0.4, 0.5) is 0 Å². The number of carbonyl (C=O) groups is 11. The quantitative estimate of drug-likeness (QED) is 0.0153. The van der Waals surface area contributed by atoms with Crippen molar-refractivity contribution in [1.82, 2.24) is 58.5 Å². The third kappa shape index (κ3) is 41.6. The average Bonchev–Trinajstić information content (AvgIpc) is 0.914. The van der Waals surface area contributed by atoms with Crippen molar-refractivity contribution in [3.05, 3.63) is 0 Å². The summed E-state index contributed by atoms with van der Waals surface area (Å²) in [4.78, 5) is 166. The Morgan fingerprint density at radius 1 is 0.392 bits per heavy atom. The predicted octanol–water partition coefficient (Wildman–Crippen LogP) is -7.65. The SMILES string of the molecule is CN[C@@H](CCC(=O)O)C(=O)NCC(=O)N[C@@H](CC(C)C)C(=O)N[C@@H](CCCN=C(N)N)C(=O)N[C@@H](CCCCN)C(=O)N[C@@H](CCCN=C(N)N)C(=O)N[C@@H](CCCN=C(N)N)C(=O)N[C@@H](CCCN=C(N)N)CN[C@@H](CC(C)C)C(=O)N[C@@H](CC(C)C)C(=O)N[C@@H](CO)C(N)=O. The molecule has 10 atom stereocenters. The second kappa shape index (κ2) is 49.6. The number of aliphatic hydroxyl groups excluding tert-OH is 1. The molecule has 0 heterocycles. The van der Waals surface area contributed by atoms with Crippen LogP contribution >= 0.6 is 0 Å². The fourth-order valence-corrected chi connectivity index (χ4v) is 9.65. The fraction of sp³-hybridized carbons (Fsp3) is 0.746. The first-order valence-corrected chi connectivity index (χ1v) is 32.8. The number of unbranched alkanes of at least 4 members (excludes halogenated alkanes) is 1. The van der Waals surface area contributed by atoms with Gasteiger partial charge in [0.25, 0.3) is 0 Å². The summed E-state index contributed by atoms with van der Waals surface area (Å²) in [5.41, 5.74) is 56.0. The Balaban J connectivity index is 7.42. The van der Waals surface area contributed by atoms with Crippen molar-refractivity contribution < 1.29 is 63.0 Å². The number of aliphatic hydroxyl groups is 1. The number of guanidine groups is 4. The molecule has 0 saturated heterocycles. The Labute approximate surface area is 567 Å². The summed E-state index contributed by atoms with van der Waals surface area (Å²) in [7, 11) is 1.45. The molecule has 0 aliphatic carbocycles. The minimum absolute atomic E-state index is 0.00396. The van der Waals surface area contributed by atoms with Crippen molar-refractivity contribution in [2.24, 2.45) is 95.1 Å². The molecule has 0 aromatic rings. The molecule has 0 aliphatic heterocycles. The third-order valence-electron chi connectivity index (χ3n) is 14.6. The van der Waals surface area contributed by atoms with Gasteiger partial charge in [-0.2, -0.15) is 0 Å². The first-order chi connectivity index (χ1) is 45.6. The number of nitrogens with two attached hydrogens (primary N) is 10. The summed E-state index contributed by atoms with van der Waals surface area (Å²) in [6.45, 7) is 9.93. The van der Waals surface area contributed by atoms with Crippen LogP contribution in [0.25, 0.3) is 0 Å². The van der Waals surface area contributed by atoms with Crippen molar-refractivity contribution in [3.63, 3.8) is 0 Å². The maximum atomic E-state index is 14.8. The summed E-state index contributed by atoms with van der Waals surface area (Å²) in [6, 6.07) is -12.0. The van der Waals surface area contributed by atoms with E-state index in [1.165, 1.54) is 7.05 Å². The van der Waals surface area contributed by atoms with Crippen LogP contribution in [0.3, 0.4) is 0 Å². The standard InChI is InChI=1S/C59H115N25O13/c1-32(2)26-41(53(95)83-43(28-34(5)6)55(97)84-44(31-85)47(61)89)75-29-35(14-10-22-71-56(62)63)77-49(91)38(16-11-23-72-57(64)65)80-51(93)39(17-12-24-73-58(66)67)81-50(92)37(15-8-9-21-60)79-52(94)40(18-13-25-74-59(68)69)82-54(96)42(27-33(3)4)78-45(86)30-76-48(90)36(70-7)19-20-46(87)88/h32-44,70,75,85H,8-31,60H2,1-7H3,(H2,61,89)(H,76,90)(H,77,91)(H,78,86)(H,79,94)(H,80,93)(H,81,92)(H,82,96)(H,83,95)(H,84,97)(H,87,88)(H4,62,63,71)(H4,64,65,72)(H4,66,67,73)(H4,68,69,74)/t35-,36-,37-,38-,39-,40-,41-,42-,43-,44-/m0/s1. The largest absolute Gasteiger partial charge is 0.481 e. The van der Waals surface area contributed by atoms with E-state index >= 15 is 0 Å². The molecule has 38 heteroatoms. The lowest BCUT2D eigenvalue weighted by atomic mass is 9.99. The summed E-state index contributed by atoms with van der Waals surface area (Å²) in [5, 5.41) is 48.7. The predicted molar refractivity (Wildman–Crippen MR) is 367 cm³/mol. The Morgan fingerprint density at radius 3 is 1.09 bits per heavy atom. The maximum Gasteiger partial charge on any atom is 0.303 e. The first kappa shape index (κ1) is 88.1. The molecule has 554 valence electrons. The number of carboxylic acid groups (broad SMARTS) is 1. The molecule has 0 aliphatic rings. The lowest BCUT2D eigenvalue weighted by Crippen LogP contribution is -2.60. The number of nitrogens with one attached hydrogen (secondary N) is 11. The van der Waals surface area contributed by atoms with Crippen molar-refractivity contribution in [1.29, 1.82) is 0 Å². The number of nitrogens with zero attached hydrogens (tertiary/aromatic N) is 4. The first-order valence-electron chi connectivity index (χ1n) is 32.8. The van der Waals surface area contributed by atoms with Crippen LogP contribution < -0.4 is 116 Å². The Kier molecular flexibility index (Phi) is 45.0. The minimum Gasteiger partial charge on any atom is -0.481 e. The van der Waals surface area contributed by atoms with Gasteiger partial charge in [0, 0.05) is 45.2 Å². The highest BCUT2D eigenvalue weighted by atomic mass is 16.4. The van der Waals surface area contributed by atoms with Gasteiger partial charge in [-0.05, 0) is 128 Å². The Bertz CT molecular complexity index is 2590. The van der Waals surface area contributed by atoms with Gasteiger partial charge < -0.3 is 126 Å². The number of primary amides is 1. The van der Waals surface area contributed by atoms with Gasteiger partial charge in [-0.3, -0.25) is 72.7 Å². The highest BCUT2D eigenvalue weighted by Gasteiger charge is 2.35. The lowest BCUT2D eigenvalue weighted by molar-refractivity contribution is -0.137. The van der Waals surface area contributed by atoms with Gasteiger partial charge in [0.15, 0.2) is 23.8 Å². The molecule has 0 unspecified atom stereocenters. The van der Waals surface area contributed by atoms with Gasteiger partial charge >= 0.3 is 5.97 Å². The van der Waals surface area contributed by atoms with E-state index in [0.717, 1.165) is 0 Å². The van der Waals surface area contributed by atoms with E-state index in [0.29, 0.717) is 12.8 Å². The van der Waals surface area contributed by atoms with E-state index in [4.69, 9.17) is 62.4 Å². The number of carboxylic acids is 1. The van der Waals surface area contributed by atoms with E-state index in [-0.39, 0.29) is 171 Å². The number of carbonyl (C=O) groups excluding carboxylic acids is 10. The van der Waals surface area contributed by atoms with Crippen molar-refractivity contribution in [2.75, 3.05) is 59.5 Å². The zero-order chi connectivity index (χ0) is 73.7. The van der Waals surface area contributed by atoms with E-state index < -0.39 is 139 Å². The molecule has 38 nitrogen and oxygen atoms in total. The number of aliphatic imine (C=N–C) groups is 4. The van der Waals surface area contributed by atoms with Crippen LogP contribution in [0.1, 0.15) is 144 Å². The van der Waals surface area contributed by atoms with Crippen LogP contribution in [0.5, 0.6) is 0 Å². The van der Waals surface area contributed by atoms with E-state index in [9.17, 15) is 57.8 Å². The zero-order valence-electron chi connectivity index (χ0n) is 57.4. The van der Waals surface area contributed by atoms with Crippen LogP contribution in [0.2, 0.25) is 0 Å². The summed E-state index contributed by atoms with van der Waals surface area (Å²) < 4.78 is 0. The minimum atomic E-state index is -1.43. The normalized spacial score (nSPS) is 14.2. The number of likely N-dealkylation sites (N-methyl/N-ethyl adjacent to an activating group) is 1. The van der Waals surface area contributed by atoms with E-state index in [1.54, 1.807) is 13.8 Å². The molecule has 0 aromatic carbocycles. The van der Waals surface area contributed by atoms with Gasteiger partial charge in [0.2, 0.25) is 59.1 Å². The van der Waals surface area contributed by atoms with Crippen LogP contribution in [-0.2, 0) is 52.7 Å². The van der Waals surface area contributed by atoms with Crippen molar-refractivity contribution in [3.8, 4) is 0 Å².